The molecule has 8 heteroatoms. The van der Waals surface area contributed by atoms with Crippen LogP contribution >= 0.6 is 0 Å². The predicted molar refractivity (Wildman–Crippen MR) is 154 cm³/mol. The van der Waals surface area contributed by atoms with Gasteiger partial charge in [-0.25, -0.2) is 13.6 Å². The minimum Gasteiger partial charge on any atom is -0.496 e. The fourth-order valence-electron chi connectivity index (χ4n) is 5.14. The lowest BCUT2D eigenvalue weighted by molar-refractivity contribution is 0.0729. The van der Waals surface area contributed by atoms with E-state index in [0.29, 0.717) is 11.5 Å². The fourth-order valence-corrected chi connectivity index (χ4v) is 5.14. The van der Waals surface area contributed by atoms with Gasteiger partial charge in [0.05, 0.1) is 24.4 Å². The Hall–Kier alpha value is -4.72. The molecule has 0 bridgehead atoms. The Balaban J connectivity index is 1.56. The third kappa shape index (κ3) is 5.77. The normalized spacial score (nSPS) is 13.5. The van der Waals surface area contributed by atoms with Gasteiger partial charge in [0.15, 0.2) is 5.82 Å². The molecule has 0 spiro atoms. The van der Waals surface area contributed by atoms with Gasteiger partial charge in [-0.3, -0.25) is 4.98 Å². The molecule has 3 aromatic carbocycles. The highest BCUT2D eigenvalue weighted by Gasteiger charge is 2.27. The summed E-state index contributed by atoms with van der Waals surface area (Å²) < 4.78 is 45.4. The average Bonchev–Trinajstić information content (AvgIpc) is 2.92. The number of nitrogens with one attached hydrogen (secondary N) is 1. The number of methoxy groups -OCH3 is 1. The largest absolute Gasteiger partial charge is 0.496 e. The monoisotopic (exact) mass is 556 g/mol. The summed E-state index contributed by atoms with van der Waals surface area (Å²) >= 11 is 0. The van der Waals surface area contributed by atoms with Crippen LogP contribution in [0.25, 0.3) is 16.7 Å². The summed E-state index contributed by atoms with van der Waals surface area (Å²) in [6.45, 7) is 8.28. The summed E-state index contributed by atoms with van der Waals surface area (Å²) in [4.78, 5) is 16.2. The number of fused-ring (bicyclic) bond motifs is 1. The summed E-state index contributed by atoms with van der Waals surface area (Å²) in [6.07, 6.45) is 4.44. The Kier molecular flexibility index (Phi) is 7.49. The van der Waals surface area contributed by atoms with Crippen molar-refractivity contribution in [1.29, 1.82) is 0 Å². The number of esters is 1. The van der Waals surface area contributed by atoms with Gasteiger partial charge in [-0.1, -0.05) is 18.2 Å². The Labute approximate surface area is 237 Å². The van der Waals surface area contributed by atoms with E-state index in [2.05, 4.69) is 37.1 Å². The number of halogens is 2. The van der Waals surface area contributed by atoms with Crippen LogP contribution in [0.4, 0.5) is 14.5 Å². The number of rotatable bonds is 7. The number of ether oxygens (including phenoxy) is 3. The van der Waals surface area contributed by atoms with E-state index in [4.69, 9.17) is 14.2 Å². The van der Waals surface area contributed by atoms with Gasteiger partial charge in [-0.05, 0) is 74.7 Å². The number of anilines is 1. The molecule has 2 heterocycles. The molecule has 0 amide bonds. The fraction of sp³-hybridized carbons (Fsp3) is 0.212. The van der Waals surface area contributed by atoms with E-state index in [1.165, 1.54) is 31.5 Å². The van der Waals surface area contributed by atoms with Crippen LogP contribution in [0.1, 0.15) is 47.8 Å². The molecule has 41 heavy (non-hydrogen) atoms. The second-order valence-corrected chi connectivity index (χ2v) is 10.5. The van der Waals surface area contributed by atoms with E-state index in [9.17, 15) is 13.6 Å². The van der Waals surface area contributed by atoms with Crippen LogP contribution < -0.4 is 19.5 Å². The molecule has 4 aromatic rings. The second kappa shape index (κ2) is 11.0. The molecule has 0 radical (unpaired) electrons. The van der Waals surface area contributed by atoms with Gasteiger partial charge in [0, 0.05) is 40.7 Å². The lowest BCUT2D eigenvalue weighted by atomic mass is 9.85. The number of hydrogen-bond acceptors (Lipinski definition) is 6. The van der Waals surface area contributed by atoms with Crippen molar-refractivity contribution in [2.24, 2.45) is 0 Å². The molecule has 6 nitrogen and oxygen atoms in total. The van der Waals surface area contributed by atoms with Crippen molar-refractivity contribution in [2.45, 2.75) is 39.8 Å². The number of carbonyl (C=O) groups is 1. The minimum atomic E-state index is -0.845. The molecule has 5 rings (SSSR count). The third-order valence-corrected chi connectivity index (χ3v) is 6.93. The van der Waals surface area contributed by atoms with Crippen LogP contribution in [0.3, 0.4) is 0 Å². The quantitative estimate of drug-likeness (QED) is 0.185. The zero-order chi connectivity index (χ0) is 29.3. The molecule has 0 fully saturated rings. The number of nitrogens with zero attached hydrogens (tertiary/aromatic N) is 1. The number of allylic oxidation sites excluding steroid dienone is 1. The zero-order valence-electron chi connectivity index (χ0n) is 23.5. The van der Waals surface area contributed by atoms with E-state index >= 15 is 0 Å². The highest BCUT2D eigenvalue weighted by atomic mass is 19.1. The van der Waals surface area contributed by atoms with Crippen LogP contribution in [-0.4, -0.2) is 23.6 Å². The molecule has 210 valence electrons. The van der Waals surface area contributed by atoms with Gasteiger partial charge in [0.1, 0.15) is 29.7 Å². The van der Waals surface area contributed by atoms with E-state index in [1.807, 2.05) is 19.1 Å². The number of aryl methyl sites for hydroxylation is 1. The van der Waals surface area contributed by atoms with Gasteiger partial charge in [0.2, 0.25) is 0 Å². The van der Waals surface area contributed by atoms with Crippen LogP contribution in [-0.2, 0) is 6.61 Å². The summed E-state index contributed by atoms with van der Waals surface area (Å²) in [7, 11) is 1.52. The maximum Gasteiger partial charge on any atom is 0.346 e. The smallest absolute Gasteiger partial charge is 0.346 e. The molecular formula is C33H30F2N2O4. The maximum atomic E-state index is 14.0. The minimum absolute atomic E-state index is 0.164. The SMILES string of the molecule is COc1cc(OC(=O)c2ccncc2F)ccc1-c1ccc2c(c1COc1cc(F)ccc1C)C(C)=CC(C)(C)N2. The van der Waals surface area contributed by atoms with E-state index in [1.54, 1.807) is 24.3 Å². The lowest BCUT2D eigenvalue weighted by Crippen LogP contribution is -2.32. The predicted octanol–water partition coefficient (Wildman–Crippen LogP) is 7.75. The van der Waals surface area contributed by atoms with E-state index < -0.39 is 11.8 Å². The number of hydrogen-bond donors (Lipinski definition) is 1. The number of carbonyl (C=O) groups excluding carboxylic acids is 1. The average molecular weight is 557 g/mol. The van der Waals surface area contributed by atoms with Crippen LogP contribution in [0.2, 0.25) is 0 Å². The van der Waals surface area contributed by atoms with Crippen molar-refractivity contribution in [3.63, 3.8) is 0 Å². The summed E-state index contributed by atoms with van der Waals surface area (Å²) in [5.74, 6) is -0.899. The first-order valence-corrected chi connectivity index (χ1v) is 13.1. The standard InChI is InChI=1S/C33H30F2N2O4/c1-19-6-7-21(34)14-29(19)40-18-26-23(10-11-28-31(26)20(2)16-33(3,4)37-28)24-9-8-22(15-30(24)39-5)41-32(38)25-12-13-36-17-27(25)35/h6-17,37H,18H2,1-5H3. The molecular weight excluding hydrogens is 526 g/mol. The third-order valence-electron chi connectivity index (χ3n) is 6.93. The molecule has 0 saturated carbocycles. The molecule has 0 aliphatic carbocycles. The van der Waals surface area contributed by atoms with Crippen LogP contribution in [0.5, 0.6) is 17.2 Å². The molecule has 1 aliphatic heterocycles. The van der Waals surface area contributed by atoms with Crippen molar-refractivity contribution in [3.05, 3.63) is 107 Å². The Morgan fingerprint density at radius 2 is 1.76 bits per heavy atom. The highest BCUT2D eigenvalue weighted by Crippen LogP contribution is 2.43. The van der Waals surface area contributed by atoms with Crippen molar-refractivity contribution in [2.75, 3.05) is 12.4 Å². The van der Waals surface area contributed by atoms with Crippen molar-refractivity contribution >= 4 is 17.2 Å². The lowest BCUT2D eigenvalue weighted by Gasteiger charge is -2.33. The topological polar surface area (TPSA) is 69.7 Å². The van der Waals surface area contributed by atoms with Gasteiger partial charge in [-0.15, -0.1) is 0 Å². The molecule has 0 atom stereocenters. The first kappa shape index (κ1) is 27.8. The van der Waals surface area contributed by atoms with Gasteiger partial charge in [0.25, 0.3) is 0 Å². The molecule has 1 N–H and O–H groups in total. The number of pyridine rings is 1. The summed E-state index contributed by atoms with van der Waals surface area (Å²) in [5.41, 5.74) is 5.82. The van der Waals surface area contributed by atoms with Gasteiger partial charge < -0.3 is 19.5 Å². The van der Waals surface area contributed by atoms with Crippen molar-refractivity contribution in [3.8, 4) is 28.4 Å². The van der Waals surface area contributed by atoms with Gasteiger partial charge in [-0.2, -0.15) is 0 Å². The summed E-state index contributed by atoms with van der Waals surface area (Å²) in [5, 5.41) is 3.57. The molecule has 0 saturated heterocycles. The van der Waals surface area contributed by atoms with E-state index in [-0.39, 0.29) is 29.3 Å². The highest BCUT2D eigenvalue weighted by molar-refractivity contribution is 5.92. The summed E-state index contributed by atoms with van der Waals surface area (Å²) in [6, 6.07) is 14.7. The number of benzene rings is 3. The van der Waals surface area contributed by atoms with Crippen LogP contribution in [0, 0.1) is 18.6 Å². The van der Waals surface area contributed by atoms with Crippen LogP contribution in [0.15, 0.2) is 73.1 Å². The number of aromatic nitrogens is 1. The molecule has 1 aliphatic rings. The zero-order valence-corrected chi connectivity index (χ0v) is 23.5. The Bertz CT molecular complexity index is 1680. The maximum absolute atomic E-state index is 14.0. The second-order valence-electron chi connectivity index (χ2n) is 10.5. The van der Waals surface area contributed by atoms with E-state index in [0.717, 1.165) is 45.3 Å². The van der Waals surface area contributed by atoms with Gasteiger partial charge >= 0.3 is 5.97 Å². The van der Waals surface area contributed by atoms with Crippen molar-refractivity contribution in [1.82, 2.24) is 4.98 Å². The van der Waals surface area contributed by atoms with Crippen molar-refractivity contribution < 1.29 is 27.8 Å². The Morgan fingerprint density at radius 1 is 0.976 bits per heavy atom. The molecule has 1 aromatic heterocycles. The Morgan fingerprint density at radius 3 is 2.51 bits per heavy atom. The first-order chi connectivity index (χ1) is 19.6. The molecule has 0 unspecified atom stereocenters. The first-order valence-electron chi connectivity index (χ1n) is 13.1.